The van der Waals surface area contributed by atoms with Crippen LogP contribution in [-0.4, -0.2) is 61.8 Å². The van der Waals surface area contributed by atoms with Gasteiger partial charge in [-0.2, -0.15) is 0 Å². The van der Waals surface area contributed by atoms with Crippen molar-refractivity contribution in [3.63, 3.8) is 0 Å². The second kappa shape index (κ2) is 10.6. The standard InChI is InChI=1S/C17H31N5OS/c1-4-18-17(20-13-16-19-12-14(2)24-16)21-15-6-9-22(10-7-15)8-5-11-23-3/h12,15H,4-11,13H2,1-3H3,(H2,18,20,21). The Kier molecular flexibility index (Phi) is 8.49. The predicted octanol–water partition coefficient (Wildman–Crippen LogP) is 2.01. The molecule has 6 nitrogen and oxygen atoms in total. The number of aliphatic imine (C=N–C) groups is 1. The number of nitrogens with one attached hydrogen (secondary N) is 2. The molecule has 2 heterocycles. The summed E-state index contributed by atoms with van der Waals surface area (Å²) in [6, 6.07) is 0.500. The molecule has 0 saturated carbocycles. The van der Waals surface area contributed by atoms with E-state index in [1.807, 2.05) is 6.20 Å². The number of ether oxygens (including phenoxy) is 1. The number of rotatable bonds is 8. The molecule has 1 fully saturated rings. The van der Waals surface area contributed by atoms with Gasteiger partial charge in [-0.05, 0) is 33.1 Å². The highest BCUT2D eigenvalue weighted by Crippen LogP contribution is 2.13. The van der Waals surface area contributed by atoms with Crippen LogP contribution in [0.15, 0.2) is 11.2 Å². The number of guanidine groups is 1. The normalized spacial score (nSPS) is 17.2. The van der Waals surface area contributed by atoms with Crippen LogP contribution < -0.4 is 10.6 Å². The van der Waals surface area contributed by atoms with E-state index in [1.165, 1.54) is 4.88 Å². The molecule has 0 aromatic carbocycles. The van der Waals surface area contributed by atoms with Crippen LogP contribution in [0.25, 0.3) is 0 Å². The Morgan fingerprint density at radius 1 is 1.46 bits per heavy atom. The van der Waals surface area contributed by atoms with E-state index < -0.39 is 0 Å². The van der Waals surface area contributed by atoms with Crippen molar-refractivity contribution in [3.05, 3.63) is 16.1 Å². The van der Waals surface area contributed by atoms with Crippen molar-refractivity contribution in [1.29, 1.82) is 0 Å². The Hall–Kier alpha value is -1.18. The maximum absolute atomic E-state index is 5.13. The van der Waals surface area contributed by atoms with E-state index >= 15 is 0 Å². The molecule has 136 valence electrons. The van der Waals surface area contributed by atoms with Crippen molar-refractivity contribution >= 4 is 17.3 Å². The zero-order valence-electron chi connectivity index (χ0n) is 15.2. The van der Waals surface area contributed by atoms with E-state index in [1.54, 1.807) is 18.4 Å². The Bertz CT molecular complexity index is 497. The van der Waals surface area contributed by atoms with Crippen LogP contribution >= 0.6 is 11.3 Å². The third-order valence-electron chi connectivity index (χ3n) is 4.14. The highest BCUT2D eigenvalue weighted by atomic mass is 32.1. The number of aromatic nitrogens is 1. The second-order valence-corrected chi connectivity index (χ2v) is 7.49. The summed E-state index contributed by atoms with van der Waals surface area (Å²) in [6.45, 7) is 9.98. The molecule has 2 rings (SSSR count). The van der Waals surface area contributed by atoms with E-state index in [2.05, 4.69) is 39.4 Å². The molecule has 1 aliphatic heterocycles. The van der Waals surface area contributed by atoms with Crippen LogP contribution in [0.2, 0.25) is 0 Å². The summed E-state index contributed by atoms with van der Waals surface area (Å²) in [5.41, 5.74) is 0. The van der Waals surface area contributed by atoms with Gasteiger partial charge in [0.15, 0.2) is 5.96 Å². The van der Waals surface area contributed by atoms with Gasteiger partial charge in [0.25, 0.3) is 0 Å². The van der Waals surface area contributed by atoms with E-state index in [9.17, 15) is 0 Å². The molecule has 0 spiro atoms. The first-order chi connectivity index (χ1) is 11.7. The lowest BCUT2D eigenvalue weighted by molar-refractivity contribution is 0.155. The molecule has 1 saturated heterocycles. The molecule has 24 heavy (non-hydrogen) atoms. The van der Waals surface area contributed by atoms with Crippen molar-refractivity contribution in [2.45, 2.75) is 45.7 Å². The number of thiazole rings is 1. The van der Waals surface area contributed by atoms with Gasteiger partial charge in [0.05, 0.1) is 6.54 Å². The van der Waals surface area contributed by atoms with Gasteiger partial charge in [0.2, 0.25) is 0 Å². The van der Waals surface area contributed by atoms with Gasteiger partial charge in [-0.3, -0.25) is 0 Å². The number of likely N-dealkylation sites (tertiary alicyclic amines) is 1. The lowest BCUT2D eigenvalue weighted by atomic mass is 10.1. The van der Waals surface area contributed by atoms with Gasteiger partial charge >= 0.3 is 0 Å². The zero-order chi connectivity index (χ0) is 17.2. The number of hydrogen-bond donors (Lipinski definition) is 2. The Morgan fingerprint density at radius 3 is 2.88 bits per heavy atom. The molecular formula is C17H31N5OS. The zero-order valence-corrected chi connectivity index (χ0v) is 16.0. The molecule has 0 radical (unpaired) electrons. The lowest BCUT2D eigenvalue weighted by Crippen LogP contribution is -2.48. The fourth-order valence-electron chi connectivity index (χ4n) is 2.87. The summed E-state index contributed by atoms with van der Waals surface area (Å²) in [4.78, 5) is 12.8. The van der Waals surface area contributed by atoms with E-state index in [-0.39, 0.29) is 0 Å². The lowest BCUT2D eigenvalue weighted by Gasteiger charge is -2.33. The Morgan fingerprint density at radius 2 is 2.25 bits per heavy atom. The van der Waals surface area contributed by atoms with Crippen LogP contribution in [-0.2, 0) is 11.3 Å². The van der Waals surface area contributed by atoms with Gasteiger partial charge < -0.3 is 20.3 Å². The van der Waals surface area contributed by atoms with E-state index in [0.29, 0.717) is 12.6 Å². The molecule has 0 bridgehead atoms. The average Bonchev–Trinajstić information content (AvgIpc) is 3.00. The van der Waals surface area contributed by atoms with Crippen molar-refractivity contribution < 1.29 is 4.74 Å². The third-order valence-corrected chi connectivity index (χ3v) is 5.03. The van der Waals surface area contributed by atoms with E-state index in [0.717, 1.165) is 63.0 Å². The Balaban J connectivity index is 1.76. The number of methoxy groups -OCH3 is 1. The van der Waals surface area contributed by atoms with Gasteiger partial charge in [-0.15, -0.1) is 11.3 Å². The first-order valence-corrected chi connectivity index (χ1v) is 9.70. The summed E-state index contributed by atoms with van der Waals surface area (Å²) in [5, 5.41) is 8.00. The molecule has 0 atom stereocenters. The topological polar surface area (TPSA) is 61.8 Å². The number of piperidine rings is 1. The van der Waals surface area contributed by atoms with Gasteiger partial charge in [0.1, 0.15) is 5.01 Å². The van der Waals surface area contributed by atoms with Crippen LogP contribution in [0.5, 0.6) is 0 Å². The second-order valence-electron chi connectivity index (χ2n) is 6.17. The summed E-state index contributed by atoms with van der Waals surface area (Å²) < 4.78 is 5.13. The minimum absolute atomic E-state index is 0.500. The first kappa shape index (κ1) is 19.1. The van der Waals surface area contributed by atoms with Crippen LogP contribution in [0.4, 0.5) is 0 Å². The molecule has 1 aromatic rings. The quantitative estimate of drug-likeness (QED) is 0.425. The fraction of sp³-hybridized carbons (Fsp3) is 0.765. The van der Waals surface area contributed by atoms with E-state index in [4.69, 9.17) is 4.74 Å². The predicted molar refractivity (Wildman–Crippen MR) is 101 cm³/mol. The minimum atomic E-state index is 0.500. The smallest absolute Gasteiger partial charge is 0.191 e. The maximum atomic E-state index is 5.13. The first-order valence-electron chi connectivity index (χ1n) is 8.88. The molecule has 7 heteroatoms. The Labute approximate surface area is 149 Å². The summed E-state index contributed by atoms with van der Waals surface area (Å²) in [7, 11) is 1.77. The van der Waals surface area contributed by atoms with Crippen LogP contribution in [0, 0.1) is 6.92 Å². The van der Waals surface area contributed by atoms with Crippen LogP contribution in [0.1, 0.15) is 36.1 Å². The molecule has 0 aliphatic carbocycles. The highest BCUT2D eigenvalue weighted by molar-refractivity contribution is 7.11. The summed E-state index contributed by atoms with van der Waals surface area (Å²) >= 11 is 1.71. The summed E-state index contributed by atoms with van der Waals surface area (Å²) in [6.07, 6.45) is 5.35. The largest absolute Gasteiger partial charge is 0.385 e. The van der Waals surface area contributed by atoms with Crippen molar-refractivity contribution in [2.24, 2.45) is 4.99 Å². The molecule has 0 unspecified atom stereocenters. The van der Waals surface area contributed by atoms with Crippen LogP contribution in [0.3, 0.4) is 0 Å². The highest BCUT2D eigenvalue weighted by Gasteiger charge is 2.19. The SMILES string of the molecule is CCNC(=NCc1ncc(C)s1)NC1CCN(CCCOC)CC1. The van der Waals surface area contributed by atoms with Gasteiger partial charge in [-0.25, -0.2) is 9.98 Å². The molecule has 2 N–H and O–H groups in total. The van der Waals surface area contributed by atoms with Crippen molar-refractivity contribution in [3.8, 4) is 0 Å². The van der Waals surface area contributed by atoms with Crippen molar-refractivity contribution in [2.75, 3.05) is 39.9 Å². The van der Waals surface area contributed by atoms with Gasteiger partial charge in [0, 0.05) is 57.0 Å². The minimum Gasteiger partial charge on any atom is -0.385 e. The molecule has 0 amide bonds. The maximum Gasteiger partial charge on any atom is 0.191 e. The molecule has 1 aromatic heterocycles. The summed E-state index contributed by atoms with van der Waals surface area (Å²) in [5.74, 6) is 0.906. The van der Waals surface area contributed by atoms with Crippen molar-refractivity contribution in [1.82, 2.24) is 20.5 Å². The monoisotopic (exact) mass is 353 g/mol. The number of hydrogen-bond acceptors (Lipinski definition) is 5. The molecule has 1 aliphatic rings. The third kappa shape index (κ3) is 6.75. The fourth-order valence-corrected chi connectivity index (χ4v) is 3.58. The van der Waals surface area contributed by atoms with Gasteiger partial charge in [-0.1, -0.05) is 0 Å². The average molecular weight is 354 g/mol. The number of aryl methyl sites for hydroxylation is 1. The number of nitrogens with zero attached hydrogens (tertiary/aromatic N) is 3. The molecular weight excluding hydrogens is 322 g/mol.